The number of rotatable bonds is 3. The summed E-state index contributed by atoms with van der Waals surface area (Å²) in [5.41, 5.74) is 10.3. The van der Waals surface area contributed by atoms with Gasteiger partial charge in [0.05, 0.1) is 0 Å². The molecule has 20 heavy (non-hydrogen) atoms. The summed E-state index contributed by atoms with van der Waals surface area (Å²) in [5.74, 6) is 0. The van der Waals surface area contributed by atoms with Crippen molar-refractivity contribution < 1.29 is 0 Å². The van der Waals surface area contributed by atoms with Crippen LogP contribution in [0, 0.1) is 6.92 Å². The molecule has 2 N–H and O–H groups in total. The van der Waals surface area contributed by atoms with Crippen LogP contribution in [0.4, 0.5) is 0 Å². The largest absolute Gasteiger partial charge is 0.343 e. The Morgan fingerprint density at radius 2 is 1.95 bits per heavy atom. The smallest absolute Gasteiger partial charge is 0.0490 e. The number of halogens is 1. The summed E-state index contributed by atoms with van der Waals surface area (Å²) >= 11 is 6.33. The lowest BCUT2D eigenvalue weighted by Crippen LogP contribution is -2.01. The van der Waals surface area contributed by atoms with E-state index in [1.165, 1.54) is 16.5 Å². The zero-order chi connectivity index (χ0) is 14.1. The van der Waals surface area contributed by atoms with Gasteiger partial charge in [-0.3, -0.25) is 0 Å². The molecule has 0 saturated heterocycles. The Kier molecular flexibility index (Phi) is 3.51. The van der Waals surface area contributed by atoms with Crippen molar-refractivity contribution in [2.24, 2.45) is 5.73 Å². The van der Waals surface area contributed by atoms with E-state index in [2.05, 4.69) is 48.0 Å². The molecule has 0 aliphatic heterocycles. The van der Waals surface area contributed by atoms with Crippen molar-refractivity contribution in [3.05, 3.63) is 70.4 Å². The molecule has 0 spiro atoms. The number of benzene rings is 2. The van der Waals surface area contributed by atoms with Crippen LogP contribution in [0.2, 0.25) is 5.02 Å². The van der Waals surface area contributed by atoms with Crippen molar-refractivity contribution in [3.63, 3.8) is 0 Å². The number of nitrogens with zero attached hydrogens (tertiary/aromatic N) is 1. The van der Waals surface area contributed by atoms with E-state index in [1.54, 1.807) is 0 Å². The molecule has 0 unspecified atom stereocenters. The predicted octanol–water partition coefficient (Wildman–Crippen LogP) is 4.11. The second kappa shape index (κ2) is 5.31. The minimum absolute atomic E-state index is 0.520. The van der Waals surface area contributed by atoms with Gasteiger partial charge in [-0.2, -0.15) is 0 Å². The van der Waals surface area contributed by atoms with Gasteiger partial charge >= 0.3 is 0 Å². The number of fused-ring (bicyclic) bond motifs is 1. The molecule has 3 heteroatoms. The summed E-state index contributed by atoms with van der Waals surface area (Å²) in [6.45, 7) is 3.40. The van der Waals surface area contributed by atoms with Crippen LogP contribution < -0.4 is 5.73 Å². The van der Waals surface area contributed by atoms with E-state index < -0.39 is 0 Å². The van der Waals surface area contributed by atoms with Crippen LogP contribution in [0.1, 0.15) is 16.7 Å². The van der Waals surface area contributed by atoms with Crippen molar-refractivity contribution in [2.75, 3.05) is 0 Å². The highest BCUT2D eigenvalue weighted by atomic mass is 35.5. The number of hydrogen-bond donors (Lipinski definition) is 1. The minimum atomic E-state index is 0.520. The molecule has 0 bridgehead atoms. The molecule has 102 valence electrons. The average Bonchev–Trinajstić information content (AvgIpc) is 2.83. The average molecular weight is 285 g/mol. The fourth-order valence-electron chi connectivity index (χ4n) is 2.49. The topological polar surface area (TPSA) is 30.9 Å². The number of aryl methyl sites for hydroxylation is 1. The van der Waals surface area contributed by atoms with E-state index in [9.17, 15) is 0 Å². The predicted molar refractivity (Wildman–Crippen MR) is 85.1 cm³/mol. The van der Waals surface area contributed by atoms with E-state index in [4.69, 9.17) is 17.3 Å². The van der Waals surface area contributed by atoms with E-state index in [1.807, 2.05) is 12.1 Å². The monoisotopic (exact) mass is 284 g/mol. The van der Waals surface area contributed by atoms with Crippen LogP contribution in [0.15, 0.2) is 48.7 Å². The van der Waals surface area contributed by atoms with E-state index in [0.29, 0.717) is 6.54 Å². The quantitative estimate of drug-likeness (QED) is 0.771. The van der Waals surface area contributed by atoms with Gasteiger partial charge in [0.1, 0.15) is 0 Å². The molecule has 0 aliphatic rings. The lowest BCUT2D eigenvalue weighted by atomic mass is 10.1. The molecular formula is C17H17ClN2. The van der Waals surface area contributed by atoms with Gasteiger partial charge in [0.2, 0.25) is 0 Å². The SMILES string of the molecule is Cc1ccc2c(ccn2Cc2ccc(CN)cc2Cl)c1. The van der Waals surface area contributed by atoms with E-state index in [0.717, 1.165) is 22.7 Å². The third-order valence-electron chi connectivity index (χ3n) is 3.62. The third kappa shape index (κ3) is 2.45. The number of nitrogens with two attached hydrogens (primary N) is 1. The lowest BCUT2D eigenvalue weighted by molar-refractivity contribution is 0.836. The Balaban J connectivity index is 1.97. The Hall–Kier alpha value is -1.77. The molecule has 0 radical (unpaired) electrons. The molecule has 1 heterocycles. The molecule has 2 aromatic carbocycles. The van der Waals surface area contributed by atoms with Crippen LogP contribution in [0.3, 0.4) is 0 Å². The first-order chi connectivity index (χ1) is 9.67. The molecule has 1 aromatic heterocycles. The molecular weight excluding hydrogens is 268 g/mol. The van der Waals surface area contributed by atoms with Gasteiger partial charge in [0.15, 0.2) is 0 Å². The van der Waals surface area contributed by atoms with Crippen LogP contribution in [-0.2, 0) is 13.1 Å². The van der Waals surface area contributed by atoms with Crippen LogP contribution in [-0.4, -0.2) is 4.57 Å². The third-order valence-corrected chi connectivity index (χ3v) is 3.97. The maximum atomic E-state index is 6.33. The highest BCUT2D eigenvalue weighted by Gasteiger charge is 2.05. The van der Waals surface area contributed by atoms with Crippen LogP contribution >= 0.6 is 11.6 Å². The van der Waals surface area contributed by atoms with Gasteiger partial charge in [-0.1, -0.05) is 35.4 Å². The molecule has 3 rings (SSSR count). The van der Waals surface area contributed by atoms with Crippen molar-refractivity contribution in [1.82, 2.24) is 4.57 Å². The second-order valence-electron chi connectivity index (χ2n) is 5.14. The summed E-state index contributed by atoms with van der Waals surface area (Å²) in [6, 6.07) is 14.7. The van der Waals surface area contributed by atoms with Gasteiger partial charge in [-0.25, -0.2) is 0 Å². The molecule has 0 aliphatic carbocycles. The Morgan fingerprint density at radius 3 is 2.70 bits per heavy atom. The molecule has 0 amide bonds. The first-order valence-electron chi connectivity index (χ1n) is 6.70. The fourth-order valence-corrected chi connectivity index (χ4v) is 2.75. The van der Waals surface area contributed by atoms with Gasteiger partial charge in [0.25, 0.3) is 0 Å². The summed E-state index contributed by atoms with van der Waals surface area (Å²) in [4.78, 5) is 0. The highest BCUT2D eigenvalue weighted by Crippen LogP contribution is 2.23. The lowest BCUT2D eigenvalue weighted by Gasteiger charge is -2.09. The van der Waals surface area contributed by atoms with Gasteiger partial charge in [-0.15, -0.1) is 0 Å². The van der Waals surface area contributed by atoms with Crippen LogP contribution in [0.5, 0.6) is 0 Å². The number of aromatic nitrogens is 1. The molecule has 0 atom stereocenters. The van der Waals surface area contributed by atoms with Gasteiger partial charge in [-0.05, 0) is 47.7 Å². The van der Waals surface area contributed by atoms with Crippen molar-refractivity contribution in [1.29, 1.82) is 0 Å². The maximum absolute atomic E-state index is 6.33. The highest BCUT2D eigenvalue weighted by molar-refractivity contribution is 6.31. The second-order valence-corrected chi connectivity index (χ2v) is 5.54. The van der Waals surface area contributed by atoms with Crippen molar-refractivity contribution >= 4 is 22.5 Å². The van der Waals surface area contributed by atoms with E-state index >= 15 is 0 Å². The zero-order valence-electron chi connectivity index (χ0n) is 11.4. The summed E-state index contributed by atoms with van der Waals surface area (Å²) in [6.07, 6.45) is 2.11. The molecule has 3 aromatic rings. The normalized spacial score (nSPS) is 11.2. The Morgan fingerprint density at radius 1 is 1.10 bits per heavy atom. The van der Waals surface area contributed by atoms with Gasteiger partial charge < -0.3 is 10.3 Å². The summed E-state index contributed by atoms with van der Waals surface area (Å²) in [7, 11) is 0. The standard InChI is InChI=1S/C17H17ClN2/c1-12-2-5-17-14(8-12)6-7-20(17)11-15-4-3-13(10-19)9-16(15)18/h2-9H,10-11,19H2,1H3. The van der Waals surface area contributed by atoms with E-state index in [-0.39, 0.29) is 0 Å². The fraction of sp³-hybridized carbons (Fsp3) is 0.176. The molecule has 2 nitrogen and oxygen atoms in total. The Labute approximate surface area is 123 Å². The van der Waals surface area contributed by atoms with Crippen molar-refractivity contribution in [3.8, 4) is 0 Å². The molecule has 0 fully saturated rings. The first kappa shape index (κ1) is 13.2. The number of hydrogen-bond acceptors (Lipinski definition) is 1. The van der Waals surface area contributed by atoms with Crippen molar-refractivity contribution in [2.45, 2.75) is 20.0 Å². The zero-order valence-corrected chi connectivity index (χ0v) is 12.2. The first-order valence-corrected chi connectivity index (χ1v) is 7.08. The van der Waals surface area contributed by atoms with Gasteiger partial charge in [0, 0.05) is 29.8 Å². The summed E-state index contributed by atoms with van der Waals surface area (Å²) in [5, 5.41) is 2.04. The molecule has 0 saturated carbocycles. The summed E-state index contributed by atoms with van der Waals surface area (Å²) < 4.78 is 2.22. The minimum Gasteiger partial charge on any atom is -0.343 e. The Bertz CT molecular complexity index is 759. The maximum Gasteiger partial charge on any atom is 0.0490 e. The van der Waals surface area contributed by atoms with Crippen LogP contribution in [0.25, 0.3) is 10.9 Å².